The number of rotatable bonds is 6. The molecule has 1 unspecified atom stereocenters. The molecular formula is C18H18BrNO4. The summed E-state index contributed by atoms with van der Waals surface area (Å²) >= 11 is 3.37. The van der Waals surface area contributed by atoms with Crippen molar-refractivity contribution in [1.29, 1.82) is 0 Å². The van der Waals surface area contributed by atoms with Crippen molar-refractivity contribution >= 4 is 28.0 Å². The molecule has 0 aromatic heterocycles. The fraction of sp³-hybridized carbons (Fsp3) is 0.222. The Hall–Kier alpha value is -2.34. The minimum Gasteiger partial charge on any atom is -0.481 e. The zero-order valence-corrected chi connectivity index (χ0v) is 14.7. The van der Waals surface area contributed by atoms with E-state index < -0.39 is 18.1 Å². The molecule has 0 saturated carbocycles. The van der Waals surface area contributed by atoms with Gasteiger partial charge in [-0.05, 0) is 35.7 Å². The van der Waals surface area contributed by atoms with Gasteiger partial charge in [-0.3, -0.25) is 4.79 Å². The summed E-state index contributed by atoms with van der Waals surface area (Å²) in [6, 6.07) is 14.2. The predicted octanol–water partition coefficient (Wildman–Crippen LogP) is 4.20. The lowest BCUT2D eigenvalue weighted by Gasteiger charge is -2.19. The Labute approximate surface area is 148 Å². The Morgan fingerprint density at radius 3 is 2.58 bits per heavy atom. The van der Waals surface area contributed by atoms with E-state index in [-0.39, 0.29) is 13.0 Å². The summed E-state index contributed by atoms with van der Waals surface area (Å²) in [5, 5.41) is 11.8. The number of ether oxygens (including phenoxy) is 1. The first-order valence-corrected chi connectivity index (χ1v) is 8.20. The van der Waals surface area contributed by atoms with Gasteiger partial charge in [0, 0.05) is 4.47 Å². The van der Waals surface area contributed by atoms with Crippen molar-refractivity contribution in [3.8, 4) is 0 Å². The first kappa shape index (κ1) is 18.0. The number of carbonyl (C=O) groups excluding carboxylic acids is 1. The van der Waals surface area contributed by atoms with Gasteiger partial charge >= 0.3 is 12.1 Å². The smallest absolute Gasteiger partial charge is 0.407 e. The maximum Gasteiger partial charge on any atom is 0.407 e. The molecule has 0 aliphatic rings. The molecule has 1 atom stereocenters. The maximum atomic E-state index is 12.0. The fourth-order valence-corrected chi connectivity index (χ4v) is 2.69. The van der Waals surface area contributed by atoms with Crippen LogP contribution in [0.3, 0.4) is 0 Å². The van der Waals surface area contributed by atoms with Crippen molar-refractivity contribution in [2.24, 2.45) is 0 Å². The average Bonchev–Trinajstić information content (AvgIpc) is 2.55. The SMILES string of the molecule is Cc1ccc(Br)cc1C(CC(=O)O)NC(=O)OCc1ccccc1. The number of hydrogen-bond acceptors (Lipinski definition) is 3. The van der Waals surface area contributed by atoms with Gasteiger partial charge in [0.1, 0.15) is 6.61 Å². The van der Waals surface area contributed by atoms with Gasteiger partial charge < -0.3 is 15.2 Å². The van der Waals surface area contributed by atoms with E-state index in [9.17, 15) is 9.59 Å². The van der Waals surface area contributed by atoms with E-state index in [1.54, 1.807) is 6.07 Å². The number of aliphatic carboxylic acids is 1. The highest BCUT2D eigenvalue weighted by molar-refractivity contribution is 9.10. The van der Waals surface area contributed by atoms with E-state index >= 15 is 0 Å². The molecule has 0 bridgehead atoms. The minimum absolute atomic E-state index is 0.129. The topological polar surface area (TPSA) is 75.6 Å². The van der Waals surface area contributed by atoms with E-state index in [1.807, 2.05) is 49.4 Å². The third-order valence-corrected chi connectivity index (χ3v) is 3.99. The molecule has 0 heterocycles. The highest BCUT2D eigenvalue weighted by Crippen LogP contribution is 2.25. The summed E-state index contributed by atoms with van der Waals surface area (Å²) in [6.07, 6.45) is -0.873. The summed E-state index contributed by atoms with van der Waals surface area (Å²) < 4.78 is 5.99. The largest absolute Gasteiger partial charge is 0.481 e. The van der Waals surface area contributed by atoms with E-state index in [2.05, 4.69) is 21.2 Å². The van der Waals surface area contributed by atoms with Crippen molar-refractivity contribution in [3.63, 3.8) is 0 Å². The molecule has 0 aliphatic carbocycles. The highest BCUT2D eigenvalue weighted by atomic mass is 79.9. The van der Waals surface area contributed by atoms with Crippen molar-refractivity contribution in [2.45, 2.75) is 26.0 Å². The van der Waals surface area contributed by atoms with Gasteiger partial charge in [0.25, 0.3) is 0 Å². The number of halogens is 1. The molecule has 24 heavy (non-hydrogen) atoms. The third-order valence-electron chi connectivity index (χ3n) is 3.50. The van der Waals surface area contributed by atoms with Crippen LogP contribution < -0.4 is 5.32 Å². The van der Waals surface area contributed by atoms with Crippen molar-refractivity contribution in [3.05, 3.63) is 69.7 Å². The molecule has 0 aliphatic heterocycles. The second-order valence-electron chi connectivity index (χ2n) is 5.36. The van der Waals surface area contributed by atoms with Crippen LogP contribution in [0.2, 0.25) is 0 Å². The van der Waals surface area contributed by atoms with E-state index in [0.717, 1.165) is 21.2 Å². The van der Waals surface area contributed by atoms with E-state index in [0.29, 0.717) is 0 Å². The molecule has 6 heteroatoms. The standard InChI is InChI=1S/C18H18BrNO4/c1-12-7-8-14(19)9-15(12)16(10-17(21)22)20-18(23)24-11-13-5-3-2-4-6-13/h2-9,16H,10-11H2,1H3,(H,20,23)(H,21,22). The number of hydrogen-bond donors (Lipinski definition) is 2. The number of carbonyl (C=O) groups is 2. The number of carboxylic acid groups (broad SMARTS) is 1. The van der Waals surface area contributed by atoms with Crippen molar-refractivity contribution in [1.82, 2.24) is 5.32 Å². The molecular weight excluding hydrogens is 374 g/mol. The Morgan fingerprint density at radius 1 is 1.21 bits per heavy atom. The molecule has 0 spiro atoms. The quantitative estimate of drug-likeness (QED) is 0.773. The molecule has 0 saturated heterocycles. The molecule has 2 aromatic carbocycles. The van der Waals surface area contributed by atoms with Gasteiger partial charge in [-0.2, -0.15) is 0 Å². The summed E-state index contributed by atoms with van der Waals surface area (Å²) in [6.45, 7) is 2.00. The van der Waals surface area contributed by atoms with Gasteiger partial charge in [-0.15, -0.1) is 0 Å². The van der Waals surface area contributed by atoms with Gasteiger partial charge in [0.05, 0.1) is 12.5 Å². The zero-order chi connectivity index (χ0) is 17.5. The van der Waals surface area contributed by atoms with Crippen LogP contribution in [0.25, 0.3) is 0 Å². The second kappa shape index (κ2) is 8.49. The fourth-order valence-electron chi connectivity index (χ4n) is 2.31. The van der Waals surface area contributed by atoms with Crippen molar-refractivity contribution in [2.75, 3.05) is 0 Å². The summed E-state index contributed by atoms with van der Waals surface area (Å²) in [7, 11) is 0. The van der Waals surface area contributed by atoms with Gasteiger partial charge in [0.2, 0.25) is 0 Å². The first-order valence-electron chi connectivity index (χ1n) is 7.41. The van der Waals surface area contributed by atoms with Gasteiger partial charge in [-0.1, -0.05) is 52.3 Å². The Balaban J connectivity index is 2.06. The normalized spacial score (nSPS) is 11.6. The Morgan fingerprint density at radius 2 is 1.92 bits per heavy atom. The first-order chi connectivity index (χ1) is 11.5. The number of benzene rings is 2. The summed E-state index contributed by atoms with van der Waals surface area (Å²) in [5.41, 5.74) is 2.50. The predicted molar refractivity (Wildman–Crippen MR) is 93.6 cm³/mol. The number of carboxylic acids is 1. The molecule has 2 aromatic rings. The highest BCUT2D eigenvalue weighted by Gasteiger charge is 2.20. The molecule has 2 N–H and O–H groups in total. The van der Waals surface area contributed by atoms with Gasteiger partial charge in [0.15, 0.2) is 0 Å². The lowest BCUT2D eigenvalue weighted by molar-refractivity contribution is -0.137. The van der Waals surface area contributed by atoms with Crippen LogP contribution in [-0.2, 0) is 16.1 Å². The number of amides is 1. The van der Waals surface area contributed by atoms with Crippen LogP contribution in [0.1, 0.15) is 29.2 Å². The summed E-state index contributed by atoms with van der Waals surface area (Å²) in [4.78, 5) is 23.2. The molecule has 1 amide bonds. The Bertz CT molecular complexity index is 718. The van der Waals surface area contributed by atoms with Crippen LogP contribution in [0.15, 0.2) is 53.0 Å². The molecule has 5 nitrogen and oxygen atoms in total. The average molecular weight is 392 g/mol. The summed E-state index contributed by atoms with van der Waals surface area (Å²) in [5.74, 6) is -0.997. The molecule has 0 radical (unpaired) electrons. The Kier molecular flexibility index (Phi) is 6.37. The van der Waals surface area contributed by atoms with Crippen LogP contribution in [0, 0.1) is 6.92 Å². The van der Waals surface area contributed by atoms with E-state index in [1.165, 1.54) is 0 Å². The number of aryl methyl sites for hydroxylation is 1. The molecule has 0 fully saturated rings. The number of alkyl carbamates (subject to hydrolysis) is 1. The second-order valence-corrected chi connectivity index (χ2v) is 6.27. The van der Waals surface area contributed by atoms with Crippen LogP contribution in [0.5, 0.6) is 0 Å². The molecule has 2 rings (SSSR count). The van der Waals surface area contributed by atoms with Crippen molar-refractivity contribution < 1.29 is 19.4 Å². The van der Waals surface area contributed by atoms with Crippen LogP contribution in [0.4, 0.5) is 4.79 Å². The van der Waals surface area contributed by atoms with Crippen LogP contribution >= 0.6 is 15.9 Å². The van der Waals surface area contributed by atoms with Crippen LogP contribution in [-0.4, -0.2) is 17.2 Å². The monoisotopic (exact) mass is 391 g/mol. The maximum absolute atomic E-state index is 12.0. The molecule has 126 valence electrons. The third kappa shape index (κ3) is 5.38. The lowest BCUT2D eigenvalue weighted by Crippen LogP contribution is -2.31. The minimum atomic E-state index is -0.997. The van der Waals surface area contributed by atoms with Gasteiger partial charge in [-0.25, -0.2) is 4.79 Å². The number of nitrogens with one attached hydrogen (secondary N) is 1. The van der Waals surface area contributed by atoms with E-state index in [4.69, 9.17) is 9.84 Å². The zero-order valence-electron chi connectivity index (χ0n) is 13.2. The lowest BCUT2D eigenvalue weighted by atomic mass is 9.99.